The summed E-state index contributed by atoms with van der Waals surface area (Å²) in [6.07, 6.45) is 3.44. The molecule has 5 nitrogen and oxygen atoms in total. The van der Waals surface area contributed by atoms with Gasteiger partial charge in [0.05, 0.1) is 11.1 Å². The Labute approximate surface area is 165 Å². The van der Waals surface area contributed by atoms with Gasteiger partial charge in [-0.3, -0.25) is 9.78 Å². The Morgan fingerprint density at radius 1 is 1.34 bits per heavy atom. The molecule has 0 aliphatic carbocycles. The molecule has 0 fully saturated rings. The Morgan fingerprint density at radius 3 is 2.66 bits per heavy atom. The van der Waals surface area contributed by atoms with Gasteiger partial charge in [0, 0.05) is 30.2 Å². The molecule has 0 aliphatic heterocycles. The number of anilines is 1. The molecule has 0 aliphatic rings. The van der Waals surface area contributed by atoms with Crippen LogP contribution in [0.5, 0.6) is 0 Å². The summed E-state index contributed by atoms with van der Waals surface area (Å²) in [5.74, 6) is 0.676. The van der Waals surface area contributed by atoms with Crippen LogP contribution in [0.2, 0.25) is 0 Å². The van der Waals surface area contributed by atoms with Crippen molar-refractivity contribution in [1.82, 2.24) is 10.3 Å². The van der Waals surface area contributed by atoms with Gasteiger partial charge in [-0.25, -0.2) is 4.39 Å². The van der Waals surface area contributed by atoms with Crippen LogP contribution in [0.25, 0.3) is 0 Å². The molecule has 29 heavy (non-hydrogen) atoms. The van der Waals surface area contributed by atoms with Crippen LogP contribution < -0.4 is 16.4 Å². The Hall–Kier alpha value is -3.38. The van der Waals surface area contributed by atoms with E-state index in [4.69, 9.17) is 12.2 Å². The zero-order valence-corrected chi connectivity index (χ0v) is 15.3. The van der Waals surface area contributed by atoms with E-state index in [9.17, 15) is 22.4 Å². The van der Waals surface area contributed by atoms with E-state index >= 15 is 0 Å². The van der Waals surface area contributed by atoms with Crippen LogP contribution >= 0.6 is 0 Å². The average Bonchev–Trinajstić information content (AvgIpc) is 2.64. The predicted octanol–water partition coefficient (Wildman–Crippen LogP) is 2.83. The SMILES string of the molecule is C#CC(NC)/C(=C\Nc1ccnc(Cc2cc(F)cc(C(F)(F)F)c2)c1)C(N)=O. The molecule has 0 saturated heterocycles. The minimum absolute atomic E-state index is 0.0216. The number of aromatic nitrogens is 1. The minimum atomic E-state index is -4.65. The van der Waals surface area contributed by atoms with Gasteiger partial charge in [0.15, 0.2) is 0 Å². The molecule has 0 radical (unpaired) electrons. The van der Waals surface area contributed by atoms with E-state index in [1.165, 1.54) is 12.4 Å². The fraction of sp³-hybridized carbons (Fsp3) is 0.200. The molecule has 2 aromatic rings. The predicted molar refractivity (Wildman–Crippen MR) is 101 cm³/mol. The number of carbonyl (C=O) groups is 1. The van der Waals surface area contributed by atoms with Crippen molar-refractivity contribution in [1.29, 1.82) is 0 Å². The average molecular weight is 406 g/mol. The normalized spacial score (nSPS) is 12.9. The third-order valence-electron chi connectivity index (χ3n) is 3.93. The number of halogens is 4. The molecule has 2 rings (SSSR count). The van der Waals surface area contributed by atoms with Crippen LogP contribution in [0.3, 0.4) is 0 Å². The van der Waals surface area contributed by atoms with Crippen molar-refractivity contribution in [3.8, 4) is 12.3 Å². The molecular formula is C20H18F4N4O. The Balaban J connectivity index is 2.24. The number of rotatable bonds is 7. The zero-order valence-electron chi connectivity index (χ0n) is 15.3. The topological polar surface area (TPSA) is 80.0 Å². The molecule has 1 aromatic carbocycles. The van der Waals surface area contributed by atoms with Crippen molar-refractivity contribution in [3.63, 3.8) is 0 Å². The third kappa shape index (κ3) is 6.05. The quantitative estimate of drug-likeness (QED) is 0.375. The van der Waals surface area contributed by atoms with Crippen LogP contribution in [0, 0.1) is 18.2 Å². The number of nitrogens with two attached hydrogens (primary N) is 1. The summed E-state index contributed by atoms with van der Waals surface area (Å²) in [4.78, 5) is 15.7. The van der Waals surface area contributed by atoms with Crippen molar-refractivity contribution in [3.05, 3.63) is 70.9 Å². The number of alkyl halides is 3. The summed E-state index contributed by atoms with van der Waals surface area (Å²) in [6, 6.07) is 4.77. The van der Waals surface area contributed by atoms with Crippen LogP contribution in [0.1, 0.15) is 16.8 Å². The van der Waals surface area contributed by atoms with Gasteiger partial charge >= 0.3 is 6.18 Å². The number of likely N-dealkylation sites (N-methyl/N-ethyl adjacent to an activating group) is 1. The van der Waals surface area contributed by atoms with E-state index in [1.807, 2.05) is 0 Å². The van der Waals surface area contributed by atoms with Crippen LogP contribution in [-0.2, 0) is 17.4 Å². The van der Waals surface area contributed by atoms with Crippen LogP contribution in [-0.4, -0.2) is 24.0 Å². The molecule has 0 spiro atoms. The molecule has 152 valence electrons. The van der Waals surface area contributed by atoms with Crippen LogP contribution in [0.4, 0.5) is 23.2 Å². The highest BCUT2D eigenvalue weighted by molar-refractivity contribution is 5.94. The van der Waals surface area contributed by atoms with Gasteiger partial charge in [-0.15, -0.1) is 6.42 Å². The molecule has 0 bridgehead atoms. The second-order valence-electron chi connectivity index (χ2n) is 6.06. The first kappa shape index (κ1) is 21.9. The Kier molecular flexibility index (Phi) is 6.96. The maximum Gasteiger partial charge on any atom is 0.416 e. The summed E-state index contributed by atoms with van der Waals surface area (Å²) in [7, 11) is 1.57. The van der Waals surface area contributed by atoms with Gasteiger partial charge in [0.1, 0.15) is 11.9 Å². The highest BCUT2D eigenvalue weighted by Crippen LogP contribution is 2.31. The lowest BCUT2D eigenvalue weighted by molar-refractivity contribution is -0.137. The van der Waals surface area contributed by atoms with Crippen molar-refractivity contribution >= 4 is 11.6 Å². The van der Waals surface area contributed by atoms with Gasteiger partial charge in [0.25, 0.3) is 0 Å². The smallest absolute Gasteiger partial charge is 0.366 e. The highest BCUT2D eigenvalue weighted by Gasteiger charge is 2.31. The lowest BCUT2D eigenvalue weighted by Crippen LogP contribution is -2.33. The second kappa shape index (κ2) is 9.21. The van der Waals surface area contributed by atoms with Gasteiger partial charge in [-0.05, 0) is 42.9 Å². The lowest BCUT2D eigenvalue weighted by atomic mass is 10.0. The summed E-state index contributed by atoms with van der Waals surface area (Å²) in [5.41, 5.74) is 5.39. The van der Waals surface area contributed by atoms with Gasteiger partial charge in [-0.2, -0.15) is 13.2 Å². The summed E-state index contributed by atoms with van der Waals surface area (Å²) in [6.45, 7) is 0. The number of pyridine rings is 1. The largest absolute Gasteiger partial charge is 0.416 e. The first-order valence-corrected chi connectivity index (χ1v) is 8.35. The maximum atomic E-state index is 13.6. The molecule has 1 unspecified atom stereocenters. The van der Waals surface area contributed by atoms with Crippen molar-refractivity contribution < 1.29 is 22.4 Å². The Bertz CT molecular complexity index is 964. The molecule has 0 saturated carbocycles. The van der Waals surface area contributed by atoms with Gasteiger partial charge in [0.2, 0.25) is 5.91 Å². The Morgan fingerprint density at radius 2 is 2.07 bits per heavy atom. The third-order valence-corrected chi connectivity index (χ3v) is 3.93. The maximum absolute atomic E-state index is 13.6. The van der Waals surface area contributed by atoms with Gasteiger partial charge < -0.3 is 16.4 Å². The van der Waals surface area contributed by atoms with Crippen molar-refractivity contribution in [2.24, 2.45) is 5.73 Å². The molecule has 1 aromatic heterocycles. The number of carbonyl (C=O) groups excluding carboxylic acids is 1. The van der Waals surface area contributed by atoms with Crippen LogP contribution in [0.15, 0.2) is 48.3 Å². The van der Waals surface area contributed by atoms with E-state index in [-0.39, 0.29) is 17.6 Å². The van der Waals surface area contributed by atoms with E-state index < -0.39 is 29.5 Å². The number of nitrogens with zero attached hydrogens (tertiary/aromatic N) is 1. The number of benzene rings is 1. The standard InChI is InChI=1S/C20H18F4N4O/c1-3-18(26-2)17(19(25)29)11-28-15-4-5-27-16(10-15)8-12-6-13(20(22,23)24)9-14(21)7-12/h1,4-7,9-11,18,26H,8H2,2H3,(H2,25,29)(H,27,28)/b17-11+. The minimum Gasteiger partial charge on any atom is -0.366 e. The molecule has 1 amide bonds. The number of hydrogen-bond acceptors (Lipinski definition) is 4. The summed E-state index contributed by atoms with van der Waals surface area (Å²) < 4.78 is 52.1. The number of nitrogens with one attached hydrogen (secondary N) is 2. The second-order valence-corrected chi connectivity index (χ2v) is 6.06. The van der Waals surface area contributed by atoms with Gasteiger partial charge in [-0.1, -0.05) is 5.92 Å². The highest BCUT2D eigenvalue weighted by atomic mass is 19.4. The molecule has 4 N–H and O–H groups in total. The number of terminal acetylenes is 1. The first-order valence-electron chi connectivity index (χ1n) is 8.35. The number of amides is 1. The van der Waals surface area contributed by atoms with E-state index in [0.29, 0.717) is 17.4 Å². The molecule has 9 heteroatoms. The first-order chi connectivity index (χ1) is 13.6. The summed E-state index contributed by atoms with van der Waals surface area (Å²) in [5, 5.41) is 5.61. The zero-order chi connectivity index (χ0) is 21.6. The molecule has 1 heterocycles. The monoisotopic (exact) mass is 406 g/mol. The number of hydrogen-bond donors (Lipinski definition) is 3. The fourth-order valence-corrected chi connectivity index (χ4v) is 2.58. The fourth-order valence-electron chi connectivity index (χ4n) is 2.58. The van der Waals surface area contributed by atoms with E-state index in [1.54, 1.807) is 19.2 Å². The van der Waals surface area contributed by atoms with Crippen molar-refractivity contribution in [2.75, 3.05) is 12.4 Å². The number of primary amides is 1. The van der Waals surface area contributed by atoms with Crippen molar-refractivity contribution in [2.45, 2.75) is 18.6 Å². The lowest BCUT2D eigenvalue weighted by Gasteiger charge is -2.12. The van der Waals surface area contributed by atoms with E-state index in [2.05, 4.69) is 21.5 Å². The van der Waals surface area contributed by atoms with E-state index in [0.717, 1.165) is 12.1 Å². The molecular weight excluding hydrogens is 388 g/mol. The summed E-state index contributed by atoms with van der Waals surface area (Å²) >= 11 is 0. The molecule has 1 atom stereocenters.